The van der Waals surface area contributed by atoms with E-state index >= 15 is 0 Å². The smallest absolute Gasteiger partial charge is 0.242 e. The summed E-state index contributed by atoms with van der Waals surface area (Å²) in [5.41, 5.74) is 1.75. The van der Waals surface area contributed by atoms with Crippen molar-refractivity contribution in [2.45, 2.75) is 43.4 Å². The Labute approximate surface area is 183 Å². The van der Waals surface area contributed by atoms with E-state index in [1.807, 2.05) is 24.3 Å². The number of benzene rings is 2. The van der Waals surface area contributed by atoms with E-state index in [9.17, 15) is 17.6 Å². The highest BCUT2D eigenvalue weighted by atomic mass is 32.2. The average Bonchev–Trinajstić information content (AvgIpc) is 3.27. The molecule has 0 aliphatic heterocycles. The van der Waals surface area contributed by atoms with Gasteiger partial charge in [-0.2, -0.15) is 0 Å². The molecule has 1 amide bonds. The summed E-state index contributed by atoms with van der Waals surface area (Å²) in [5, 5.41) is 6.29. The third-order valence-electron chi connectivity index (χ3n) is 5.64. The molecule has 1 fully saturated rings. The fraction of sp³-hybridized carbons (Fsp3) is 0.435. The SMILES string of the molecule is CN(CCCC(=O)Nc1ccc(NCC2CCCC2)cc1)S(=O)(=O)c1ccc(F)cc1. The molecule has 0 heterocycles. The van der Waals surface area contributed by atoms with Crippen LogP contribution in [0.25, 0.3) is 0 Å². The van der Waals surface area contributed by atoms with Gasteiger partial charge in [0.05, 0.1) is 4.90 Å². The van der Waals surface area contributed by atoms with E-state index in [1.54, 1.807) is 0 Å². The maximum Gasteiger partial charge on any atom is 0.242 e. The van der Waals surface area contributed by atoms with Crippen molar-refractivity contribution in [1.82, 2.24) is 4.31 Å². The van der Waals surface area contributed by atoms with Gasteiger partial charge in [0, 0.05) is 37.9 Å². The van der Waals surface area contributed by atoms with Gasteiger partial charge in [-0.25, -0.2) is 17.1 Å². The first-order valence-electron chi connectivity index (χ1n) is 10.7. The molecule has 1 saturated carbocycles. The summed E-state index contributed by atoms with van der Waals surface area (Å²) in [6.07, 6.45) is 5.81. The van der Waals surface area contributed by atoms with Gasteiger partial charge in [0.2, 0.25) is 15.9 Å². The lowest BCUT2D eigenvalue weighted by Gasteiger charge is -2.17. The third kappa shape index (κ3) is 6.77. The maximum atomic E-state index is 13.0. The number of anilines is 2. The zero-order valence-corrected chi connectivity index (χ0v) is 18.6. The Hall–Kier alpha value is -2.45. The van der Waals surface area contributed by atoms with Crippen molar-refractivity contribution in [1.29, 1.82) is 0 Å². The van der Waals surface area contributed by atoms with Crippen LogP contribution in [0.15, 0.2) is 53.4 Å². The van der Waals surface area contributed by atoms with Crippen molar-refractivity contribution >= 4 is 27.3 Å². The lowest BCUT2D eigenvalue weighted by Crippen LogP contribution is -2.28. The Morgan fingerprint density at radius 3 is 2.29 bits per heavy atom. The zero-order valence-electron chi connectivity index (χ0n) is 17.8. The fourth-order valence-corrected chi connectivity index (χ4v) is 4.95. The molecule has 0 unspecified atom stereocenters. The van der Waals surface area contributed by atoms with Gasteiger partial charge in [-0.3, -0.25) is 4.79 Å². The number of halogens is 1. The number of nitrogens with one attached hydrogen (secondary N) is 2. The second kappa shape index (κ2) is 10.7. The summed E-state index contributed by atoms with van der Waals surface area (Å²) in [5.74, 6) is 0.0968. The number of hydrogen-bond acceptors (Lipinski definition) is 4. The second-order valence-corrected chi connectivity index (χ2v) is 10.1. The maximum absolute atomic E-state index is 13.0. The standard InChI is InChI=1S/C23H30FN3O3S/c1-27(31(29,30)22-14-8-19(24)9-15-22)16-4-7-23(28)26-21-12-10-20(11-13-21)25-17-18-5-2-3-6-18/h8-15,18,25H,2-7,16-17H2,1H3,(H,26,28). The molecule has 0 spiro atoms. The lowest BCUT2D eigenvalue weighted by atomic mass is 10.1. The van der Waals surface area contributed by atoms with Crippen LogP contribution >= 0.6 is 0 Å². The molecule has 1 aliphatic carbocycles. The van der Waals surface area contributed by atoms with Crippen LogP contribution in [0.4, 0.5) is 15.8 Å². The summed E-state index contributed by atoms with van der Waals surface area (Å²) in [4.78, 5) is 12.2. The highest BCUT2D eigenvalue weighted by Gasteiger charge is 2.20. The number of sulfonamides is 1. The van der Waals surface area contributed by atoms with Gasteiger partial charge in [-0.05, 0) is 73.7 Å². The summed E-state index contributed by atoms with van der Waals surface area (Å²) in [6.45, 7) is 1.18. The molecular weight excluding hydrogens is 417 g/mol. The van der Waals surface area contributed by atoms with Crippen LogP contribution in [-0.4, -0.2) is 38.8 Å². The first kappa shape index (κ1) is 23.2. The third-order valence-corrected chi connectivity index (χ3v) is 7.51. The molecular formula is C23H30FN3O3S. The zero-order chi connectivity index (χ0) is 22.3. The quantitative estimate of drug-likeness (QED) is 0.563. The molecule has 0 radical (unpaired) electrons. The van der Waals surface area contributed by atoms with E-state index in [0.717, 1.165) is 30.3 Å². The molecule has 0 saturated heterocycles. The monoisotopic (exact) mass is 447 g/mol. The summed E-state index contributed by atoms with van der Waals surface area (Å²) < 4.78 is 39.1. The molecule has 0 atom stereocenters. The Kier molecular flexibility index (Phi) is 8.03. The van der Waals surface area contributed by atoms with E-state index in [2.05, 4.69) is 10.6 Å². The molecule has 8 heteroatoms. The van der Waals surface area contributed by atoms with Gasteiger partial charge in [-0.1, -0.05) is 12.8 Å². The minimum atomic E-state index is -3.70. The number of amides is 1. The van der Waals surface area contributed by atoms with Crippen molar-refractivity contribution < 1.29 is 17.6 Å². The van der Waals surface area contributed by atoms with Crippen LogP contribution in [0.3, 0.4) is 0 Å². The van der Waals surface area contributed by atoms with E-state index in [4.69, 9.17) is 0 Å². The topological polar surface area (TPSA) is 78.5 Å². The Bertz CT molecular complexity index is 957. The number of rotatable bonds is 10. The van der Waals surface area contributed by atoms with Gasteiger partial charge in [0.25, 0.3) is 0 Å². The predicted octanol–water partition coefficient (Wildman–Crippen LogP) is 4.47. The molecule has 2 N–H and O–H groups in total. The Morgan fingerprint density at radius 1 is 1.03 bits per heavy atom. The largest absolute Gasteiger partial charge is 0.385 e. The number of nitrogens with zero attached hydrogens (tertiary/aromatic N) is 1. The molecule has 0 aromatic heterocycles. The van der Waals surface area contributed by atoms with Gasteiger partial charge in [-0.15, -0.1) is 0 Å². The van der Waals surface area contributed by atoms with Crippen molar-refractivity contribution in [2.24, 2.45) is 5.92 Å². The van der Waals surface area contributed by atoms with E-state index in [0.29, 0.717) is 12.1 Å². The van der Waals surface area contributed by atoms with Crippen LogP contribution < -0.4 is 10.6 Å². The molecule has 6 nitrogen and oxygen atoms in total. The van der Waals surface area contributed by atoms with Crippen molar-refractivity contribution in [3.63, 3.8) is 0 Å². The van der Waals surface area contributed by atoms with Gasteiger partial charge in [0.15, 0.2) is 0 Å². The minimum absolute atomic E-state index is 0.0301. The Balaban J connectivity index is 1.40. The molecule has 1 aliphatic rings. The molecule has 2 aromatic rings. The number of carbonyl (C=O) groups is 1. The summed E-state index contributed by atoms with van der Waals surface area (Å²) in [6, 6.07) is 12.3. The van der Waals surface area contributed by atoms with E-state index in [-0.39, 0.29) is 23.8 Å². The van der Waals surface area contributed by atoms with Gasteiger partial charge >= 0.3 is 0 Å². The molecule has 31 heavy (non-hydrogen) atoms. The Morgan fingerprint density at radius 2 is 1.65 bits per heavy atom. The average molecular weight is 448 g/mol. The number of hydrogen-bond donors (Lipinski definition) is 2. The van der Waals surface area contributed by atoms with Crippen LogP contribution in [0, 0.1) is 11.7 Å². The molecule has 3 rings (SSSR count). The van der Waals surface area contributed by atoms with Crippen LogP contribution in [0.5, 0.6) is 0 Å². The van der Waals surface area contributed by atoms with Crippen molar-refractivity contribution in [3.05, 3.63) is 54.3 Å². The first-order valence-corrected chi connectivity index (χ1v) is 12.1. The van der Waals surface area contributed by atoms with Crippen LogP contribution in [0.1, 0.15) is 38.5 Å². The number of carbonyl (C=O) groups excluding carboxylic acids is 1. The first-order chi connectivity index (χ1) is 14.8. The van der Waals surface area contributed by atoms with Crippen molar-refractivity contribution in [2.75, 3.05) is 30.8 Å². The summed E-state index contributed by atoms with van der Waals surface area (Å²) >= 11 is 0. The normalized spacial score (nSPS) is 14.7. The van der Waals surface area contributed by atoms with Gasteiger partial charge < -0.3 is 10.6 Å². The van der Waals surface area contributed by atoms with Crippen molar-refractivity contribution in [3.8, 4) is 0 Å². The predicted molar refractivity (Wildman–Crippen MR) is 121 cm³/mol. The van der Waals surface area contributed by atoms with E-state index < -0.39 is 15.8 Å². The molecule has 0 bridgehead atoms. The highest BCUT2D eigenvalue weighted by molar-refractivity contribution is 7.89. The second-order valence-electron chi connectivity index (χ2n) is 8.04. The summed E-state index contributed by atoms with van der Waals surface area (Å²) in [7, 11) is -2.25. The molecule has 168 valence electrons. The highest BCUT2D eigenvalue weighted by Crippen LogP contribution is 2.25. The molecule has 2 aromatic carbocycles. The van der Waals surface area contributed by atoms with E-state index in [1.165, 1.54) is 49.2 Å². The fourth-order valence-electron chi connectivity index (χ4n) is 3.74. The van der Waals surface area contributed by atoms with Gasteiger partial charge in [0.1, 0.15) is 5.82 Å². The van der Waals surface area contributed by atoms with Crippen LogP contribution in [0.2, 0.25) is 0 Å². The lowest BCUT2D eigenvalue weighted by molar-refractivity contribution is -0.116. The van der Waals surface area contributed by atoms with Crippen LogP contribution in [-0.2, 0) is 14.8 Å². The minimum Gasteiger partial charge on any atom is -0.385 e.